The van der Waals surface area contributed by atoms with Gasteiger partial charge >= 0.3 is 5.69 Å². The lowest BCUT2D eigenvalue weighted by Gasteiger charge is -2.26. The third kappa shape index (κ3) is 3.53. The summed E-state index contributed by atoms with van der Waals surface area (Å²) in [5.74, 6) is -0.184. The highest BCUT2D eigenvalue weighted by Crippen LogP contribution is 2.29. The van der Waals surface area contributed by atoms with Gasteiger partial charge in [-0.1, -0.05) is 36.4 Å². The van der Waals surface area contributed by atoms with Crippen LogP contribution in [0.5, 0.6) is 5.75 Å². The summed E-state index contributed by atoms with van der Waals surface area (Å²) in [7, 11) is 0. The van der Waals surface area contributed by atoms with Gasteiger partial charge in [0.1, 0.15) is 0 Å². The SMILES string of the molecule is O=C(COc1ccccc1[N+](=O)[O-])N[C@@H]1CCCc2ccccc21. The van der Waals surface area contributed by atoms with E-state index in [9.17, 15) is 14.9 Å². The van der Waals surface area contributed by atoms with Crippen LogP contribution in [0.15, 0.2) is 48.5 Å². The number of nitro groups is 1. The van der Waals surface area contributed by atoms with Crippen LogP contribution in [0.1, 0.15) is 30.0 Å². The van der Waals surface area contributed by atoms with Gasteiger partial charge in [0, 0.05) is 6.07 Å². The Labute approximate surface area is 139 Å². The standard InChI is InChI=1S/C18H18N2O4/c21-18(12-24-17-11-4-3-10-16(17)20(22)23)19-15-9-5-7-13-6-1-2-8-14(13)15/h1-4,6,8,10-11,15H,5,7,9,12H2,(H,19,21)/t15-/m1/s1. The molecule has 0 radical (unpaired) electrons. The molecular weight excluding hydrogens is 308 g/mol. The van der Waals surface area contributed by atoms with E-state index in [1.165, 1.54) is 17.7 Å². The molecule has 0 spiro atoms. The number of rotatable bonds is 5. The largest absolute Gasteiger partial charge is 0.477 e. The minimum atomic E-state index is -0.523. The Hall–Kier alpha value is -2.89. The fraction of sp³-hybridized carbons (Fsp3) is 0.278. The Morgan fingerprint density at radius 3 is 2.79 bits per heavy atom. The van der Waals surface area contributed by atoms with Crippen LogP contribution in [0.25, 0.3) is 0 Å². The molecule has 0 aliphatic heterocycles. The molecule has 1 atom stereocenters. The van der Waals surface area contributed by atoms with Gasteiger partial charge in [-0.2, -0.15) is 0 Å². The quantitative estimate of drug-likeness (QED) is 0.676. The second-order valence-electron chi connectivity index (χ2n) is 5.72. The second-order valence-corrected chi connectivity index (χ2v) is 5.72. The third-order valence-electron chi connectivity index (χ3n) is 4.13. The summed E-state index contributed by atoms with van der Waals surface area (Å²) in [5, 5.41) is 13.9. The van der Waals surface area contributed by atoms with Crippen LogP contribution in [0.3, 0.4) is 0 Å². The van der Waals surface area contributed by atoms with E-state index < -0.39 is 4.92 Å². The molecule has 0 unspecified atom stereocenters. The summed E-state index contributed by atoms with van der Waals surface area (Å²) in [4.78, 5) is 22.6. The smallest absolute Gasteiger partial charge is 0.310 e. The minimum absolute atomic E-state index is 0.0307. The highest BCUT2D eigenvalue weighted by atomic mass is 16.6. The van der Waals surface area contributed by atoms with Crippen molar-refractivity contribution in [1.82, 2.24) is 5.32 Å². The predicted molar refractivity (Wildman–Crippen MR) is 88.9 cm³/mol. The molecule has 0 saturated heterocycles. The highest BCUT2D eigenvalue weighted by molar-refractivity contribution is 5.78. The molecule has 6 nitrogen and oxygen atoms in total. The molecule has 1 aliphatic rings. The summed E-state index contributed by atoms with van der Waals surface area (Å²) < 4.78 is 5.34. The van der Waals surface area contributed by atoms with Gasteiger partial charge in [0.2, 0.25) is 0 Å². The second kappa shape index (κ2) is 7.12. The Morgan fingerprint density at radius 1 is 1.21 bits per heavy atom. The molecule has 0 heterocycles. The Morgan fingerprint density at radius 2 is 1.96 bits per heavy atom. The van der Waals surface area contributed by atoms with E-state index in [2.05, 4.69) is 11.4 Å². The summed E-state index contributed by atoms with van der Waals surface area (Å²) in [6, 6.07) is 14.1. The number of nitro benzene ring substituents is 1. The van der Waals surface area contributed by atoms with Crippen LogP contribution < -0.4 is 10.1 Å². The minimum Gasteiger partial charge on any atom is -0.477 e. The van der Waals surface area contributed by atoms with Crippen molar-refractivity contribution >= 4 is 11.6 Å². The zero-order valence-corrected chi connectivity index (χ0v) is 13.1. The van der Waals surface area contributed by atoms with E-state index in [1.807, 2.05) is 18.2 Å². The number of nitrogens with zero attached hydrogens (tertiary/aromatic N) is 1. The van der Waals surface area contributed by atoms with Gasteiger partial charge in [0.25, 0.3) is 5.91 Å². The van der Waals surface area contributed by atoms with E-state index in [-0.39, 0.29) is 30.0 Å². The van der Waals surface area contributed by atoms with E-state index in [4.69, 9.17) is 4.74 Å². The third-order valence-corrected chi connectivity index (χ3v) is 4.13. The number of hydrogen-bond donors (Lipinski definition) is 1. The summed E-state index contributed by atoms with van der Waals surface area (Å²) >= 11 is 0. The maximum absolute atomic E-state index is 12.2. The van der Waals surface area contributed by atoms with Gasteiger partial charge in [-0.15, -0.1) is 0 Å². The van der Waals surface area contributed by atoms with Crippen molar-refractivity contribution in [2.24, 2.45) is 0 Å². The lowest BCUT2D eigenvalue weighted by molar-refractivity contribution is -0.385. The number of benzene rings is 2. The van der Waals surface area contributed by atoms with Crippen LogP contribution in [0, 0.1) is 10.1 Å². The Balaban J connectivity index is 1.62. The molecule has 1 amide bonds. The molecule has 0 bridgehead atoms. The molecule has 2 aromatic rings. The molecule has 0 saturated carbocycles. The number of hydrogen-bond acceptors (Lipinski definition) is 4. The first-order chi connectivity index (χ1) is 11.6. The van der Waals surface area contributed by atoms with E-state index in [1.54, 1.807) is 12.1 Å². The van der Waals surface area contributed by atoms with Crippen LogP contribution in [0.2, 0.25) is 0 Å². The fourth-order valence-corrected chi connectivity index (χ4v) is 3.01. The van der Waals surface area contributed by atoms with E-state index in [0.29, 0.717) is 0 Å². The van der Waals surface area contributed by atoms with Crippen LogP contribution in [-0.4, -0.2) is 17.4 Å². The molecule has 2 aromatic carbocycles. The van der Waals surface area contributed by atoms with Crippen LogP contribution >= 0.6 is 0 Å². The molecule has 124 valence electrons. The topological polar surface area (TPSA) is 81.5 Å². The molecule has 24 heavy (non-hydrogen) atoms. The first-order valence-corrected chi connectivity index (χ1v) is 7.88. The van der Waals surface area contributed by atoms with E-state index >= 15 is 0 Å². The normalized spacial score (nSPS) is 16.1. The van der Waals surface area contributed by atoms with Gasteiger partial charge < -0.3 is 10.1 Å². The fourth-order valence-electron chi connectivity index (χ4n) is 3.01. The van der Waals surface area contributed by atoms with Gasteiger partial charge in [0.15, 0.2) is 12.4 Å². The molecule has 1 N–H and O–H groups in total. The summed E-state index contributed by atoms with van der Waals surface area (Å²) in [6.45, 7) is -0.247. The zero-order valence-electron chi connectivity index (χ0n) is 13.1. The lowest BCUT2D eigenvalue weighted by Crippen LogP contribution is -2.34. The number of carbonyl (C=O) groups excluding carboxylic acids is 1. The Kier molecular flexibility index (Phi) is 4.74. The number of ether oxygens (including phenoxy) is 1. The molecule has 3 rings (SSSR count). The van der Waals surface area contributed by atoms with Crippen molar-refractivity contribution in [3.05, 3.63) is 69.8 Å². The first-order valence-electron chi connectivity index (χ1n) is 7.88. The van der Waals surface area contributed by atoms with Crippen molar-refractivity contribution in [2.75, 3.05) is 6.61 Å². The van der Waals surface area contributed by atoms with Gasteiger partial charge in [-0.3, -0.25) is 14.9 Å². The maximum atomic E-state index is 12.2. The van der Waals surface area contributed by atoms with Crippen molar-refractivity contribution in [3.63, 3.8) is 0 Å². The molecule has 1 aliphatic carbocycles. The number of aryl methyl sites for hydroxylation is 1. The van der Waals surface area contributed by atoms with E-state index in [0.717, 1.165) is 24.8 Å². The summed E-state index contributed by atoms with van der Waals surface area (Å²) in [5.41, 5.74) is 2.25. The van der Waals surface area contributed by atoms with Crippen molar-refractivity contribution in [3.8, 4) is 5.75 Å². The number of fused-ring (bicyclic) bond motifs is 1. The number of carbonyl (C=O) groups is 1. The highest BCUT2D eigenvalue weighted by Gasteiger charge is 2.22. The lowest BCUT2D eigenvalue weighted by atomic mass is 9.88. The molecule has 0 aromatic heterocycles. The summed E-state index contributed by atoms with van der Waals surface area (Å²) in [6.07, 6.45) is 2.93. The number of nitrogens with one attached hydrogen (secondary N) is 1. The zero-order chi connectivity index (χ0) is 16.9. The average molecular weight is 326 g/mol. The monoisotopic (exact) mass is 326 g/mol. The van der Waals surface area contributed by atoms with Gasteiger partial charge in [0.05, 0.1) is 11.0 Å². The van der Waals surface area contributed by atoms with Crippen molar-refractivity contribution < 1.29 is 14.5 Å². The van der Waals surface area contributed by atoms with Crippen molar-refractivity contribution in [1.29, 1.82) is 0 Å². The average Bonchev–Trinajstić information content (AvgIpc) is 2.60. The molecule has 6 heteroatoms. The predicted octanol–water partition coefficient (Wildman–Crippen LogP) is 3.17. The molecular formula is C18H18N2O4. The number of amides is 1. The Bertz CT molecular complexity index is 760. The van der Waals surface area contributed by atoms with Gasteiger partial charge in [-0.05, 0) is 36.5 Å². The first kappa shape index (κ1) is 16.0. The number of para-hydroxylation sites is 2. The van der Waals surface area contributed by atoms with Crippen LogP contribution in [0.4, 0.5) is 5.69 Å². The van der Waals surface area contributed by atoms with Crippen molar-refractivity contribution in [2.45, 2.75) is 25.3 Å². The molecule has 0 fully saturated rings. The van der Waals surface area contributed by atoms with Crippen LogP contribution in [-0.2, 0) is 11.2 Å². The maximum Gasteiger partial charge on any atom is 0.310 e. The van der Waals surface area contributed by atoms with Gasteiger partial charge in [-0.25, -0.2) is 0 Å².